The van der Waals surface area contributed by atoms with E-state index in [1.54, 1.807) is 10.9 Å². The zero-order valence-corrected chi connectivity index (χ0v) is 11.2. The van der Waals surface area contributed by atoms with E-state index in [-0.39, 0.29) is 0 Å². The van der Waals surface area contributed by atoms with Crippen molar-refractivity contribution >= 4 is 0 Å². The van der Waals surface area contributed by atoms with Gasteiger partial charge in [0.2, 0.25) is 0 Å². The van der Waals surface area contributed by atoms with Gasteiger partial charge < -0.3 is 10.3 Å². The van der Waals surface area contributed by atoms with Gasteiger partial charge in [-0.3, -0.25) is 0 Å². The van der Waals surface area contributed by atoms with Crippen molar-refractivity contribution in [1.29, 1.82) is 0 Å². The first-order chi connectivity index (χ1) is 9.74. The van der Waals surface area contributed by atoms with Crippen molar-refractivity contribution in [2.24, 2.45) is 5.73 Å². The Kier molecular flexibility index (Phi) is 3.30. The monoisotopic (exact) mass is 269 g/mol. The first-order valence-corrected chi connectivity index (χ1v) is 6.36. The van der Waals surface area contributed by atoms with Crippen molar-refractivity contribution < 1.29 is 4.52 Å². The minimum absolute atomic E-state index is 0.380. The molecule has 6 heteroatoms. The molecule has 2 heterocycles. The normalized spacial score (nSPS) is 10.9. The molecule has 0 aliphatic carbocycles. The van der Waals surface area contributed by atoms with E-state index in [1.165, 1.54) is 5.56 Å². The maximum absolute atomic E-state index is 5.50. The molecule has 0 radical (unpaired) electrons. The summed E-state index contributed by atoms with van der Waals surface area (Å²) < 4.78 is 7.01. The maximum Gasteiger partial charge on any atom is 0.158 e. The number of aromatic nitrogens is 4. The summed E-state index contributed by atoms with van der Waals surface area (Å²) >= 11 is 0. The summed E-state index contributed by atoms with van der Waals surface area (Å²) in [6.45, 7) is 2.93. The second-order valence-electron chi connectivity index (χ2n) is 4.66. The van der Waals surface area contributed by atoms with Crippen molar-refractivity contribution in [3.05, 3.63) is 53.5 Å². The lowest BCUT2D eigenvalue weighted by Gasteiger charge is -1.95. The molecule has 0 atom stereocenters. The van der Waals surface area contributed by atoms with Gasteiger partial charge in [0, 0.05) is 18.2 Å². The summed E-state index contributed by atoms with van der Waals surface area (Å²) in [4.78, 5) is 0. The van der Waals surface area contributed by atoms with Crippen LogP contribution in [0.4, 0.5) is 0 Å². The fraction of sp³-hybridized carbons (Fsp3) is 0.214. The lowest BCUT2D eigenvalue weighted by atomic mass is 10.1. The van der Waals surface area contributed by atoms with E-state index >= 15 is 0 Å². The fourth-order valence-corrected chi connectivity index (χ4v) is 1.92. The van der Waals surface area contributed by atoms with Crippen LogP contribution in [0.25, 0.3) is 11.3 Å². The first-order valence-electron chi connectivity index (χ1n) is 6.36. The molecule has 0 saturated heterocycles. The average Bonchev–Trinajstić information content (AvgIpc) is 3.09. The van der Waals surface area contributed by atoms with E-state index in [9.17, 15) is 0 Å². The molecule has 2 N–H and O–H groups in total. The standard InChI is InChI=1S/C14H15N5O/c1-10-2-4-11(5-3-10)14-6-13(20-17-14)9-19-8-12(7-15)16-18-19/h2-6,8H,7,9,15H2,1H3. The zero-order chi connectivity index (χ0) is 13.9. The summed E-state index contributed by atoms with van der Waals surface area (Å²) in [7, 11) is 0. The zero-order valence-electron chi connectivity index (χ0n) is 11.2. The van der Waals surface area contributed by atoms with Gasteiger partial charge in [0.25, 0.3) is 0 Å². The molecule has 0 fully saturated rings. The Morgan fingerprint density at radius 2 is 2.05 bits per heavy atom. The van der Waals surface area contributed by atoms with Crippen LogP contribution in [0, 0.1) is 6.92 Å². The van der Waals surface area contributed by atoms with Gasteiger partial charge in [-0.2, -0.15) is 0 Å². The van der Waals surface area contributed by atoms with Crippen LogP contribution in [0.5, 0.6) is 0 Å². The Hall–Kier alpha value is -2.47. The second kappa shape index (κ2) is 5.26. The number of hydrogen-bond acceptors (Lipinski definition) is 5. The van der Waals surface area contributed by atoms with Crippen LogP contribution >= 0.6 is 0 Å². The molecule has 1 aromatic carbocycles. The smallest absolute Gasteiger partial charge is 0.158 e. The van der Waals surface area contributed by atoms with Gasteiger partial charge in [-0.15, -0.1) is 5.10 Å². The van der Waals surface area contributed by atoms with E-state index in [4.69, 9.17) is 10.3 Å². The molecule has 6 nitrogen and oxygen atoms in total. The highest BCUT2D eigenvalue weighted by Gasteiger charge is 2.08. The highest BCUT2D eigenvalue weighted by molar-refractivity contribution is 5.59. The maximum atomic E-state index is 5.50. The van der Waals surface area contributed by atoms with Crippen LogP contribution in [0.2, 0.25) is 0 Å². The van der Waals surface area contributed by atoms with E-state index in [2.05, 4.69) is 34.5 Å². The Labute approximate surface area is 116 Å². The van der Waals surface area contributed by atoms with Crippen molar-refractivity contribution in [2.75, 3.05) is 0 Å². The van der Waals surface area contributed by atoms with E-state index in [0.717, 1.165) is 22.7 Å². The average molecular weight is 269 g/mol. The molecular weight excluding hydrogens is 254 g/mol. The van der Waals surface area contributed by atoms with Crippen LogP contribution in [0.1, 0.15) is 17.0 Å². The Morgan fingerprint density at radius 1 is 1.25 bits per heavy atom. The third-order valence-corrected chi connectivity index (χ3v) is 3.02. The second-order valence-corrected chi connectivity index (χ2v) is 4.66. The molecule has 3 aromatic rings. The lowest BCUT2D eigenvalue weighted by molar-refractivity contribution is 0.372. The van der Waals surface area contributed by atoms with Crippen molar-refractivity contribution in [3.63, 3.8) is 0 Å². The molecule has 0 unspecified atom stereocenters. The molecule has 0 bridgehead atoms. The predicted octanol–water partition coefficient (Wildman–Crippen LogP) is 1.75. The molecular formula is C14H15N5O. The molecule has 0 amide bonds. The predicted molar refractivity (Wildman–Crippen MR) is 73.7 cm³/mol. The van der Waals surface area contributed by atoms with Gasteiger partial charge in [0.1, 0.15) is 12.2 Å². The van der Waals surface area contributed by atoms with E-state index < -0.39 is 0 Å². The van der Waals surface area contributed by atoms with Crippen LogP contribution in [0.15, 0.2) is 41.1 Å². The molecule has 0 aliphatic heterocycles. The first kappa shape index (κ1) is 12.6. The molecule has 20 heavy (non-hydrogen) atoms. The number of benzene rings is 1. The van der Waals surface area contributed by atoms with Crippen molar-refractivity contribution in [1.82, 2.24) is 20.2 Å². The van der Waals surface area contributed by atoms with Crippen LogP contribution in [-0.4, -0.2) is 20.2 Å². The van der Waals surface area contributed by atoms with Crippen LogP contribution in [0.3, 0.4) is 0 Å². The molecule has 0 spiro atoms. The molecule has 2 aromatic heterocycles. The largest absolute Gasteiger partial charge is 0.359 e. The number of aryl methyl sites for hydroxylation is 1. The quantitative estimate of drug-likeness (QED) is 0.780. The Balaban J connectivity index is 1.78. The van der Waals surface area contributed by atoms with Gasteiger partial charge in [-0.1, -0.05) is 40.2 Å². The van der Waals surface area contributed by atoms with E-state index in [0.29, 0.717) is 13.1 Å². The number of nitrogens with two attached hydrogens (primary N) is 1. The third kappa shape index (κ3) is 2.60. The molecule has 0 saturated carbocycles. The van der Waals surface area contributed by atoms with Crippen LogP contribution < -0.4 is 5.73 Å². The van der Waals surface area contributed by atoms with E-state index in [1.807, 2.05) is 18.2 Å². The summed E-state index contributed by atoms with van der Waals surface area (Å²) in [5, 5.41) is 12.0. The number of rotatable bonds is 4. The van der Waals surface area contributed by atoms with Crippen molar-refractivity contribution in [2.45, 2.75) is 20.0 Å². The van der Waals surface area contributed by atoms with Gasteiger partial charge in [-0.25, -0.2) is 4.68 Å². The van der Waals surface area contributed by atoms with Gasteiger partial charge in [0.15, 0.2) is 5.76 Å². The fourth-order valence-electron chi connectivity index (χ4n) is 1.92. The SMILES string of the molecule is Cc1ccc(-c2cc(Cn3cc(CN)nn3)on2)cc1. The third-order valence-electron chi connectivity index (χ3n) is 3.02. The highest BCUT2D eigenvalue weighted by atomic mass is 16.5. The number of hydrogen-bond donors (Lipinski definition) is 1. The Morgan fingerprint density at radius 3 is 2.75 bits per heavy atom. The molecule has 0 aliphatic rings. The highest BCUT2D eigenvalue weighted by Crippen LogP contribution is 2.19. The number of nitrogens with zero attached hydrogens (tertiary/aromatic N) is 4. The van der Waals surface area contributed by atoms with Gasteiger partial charge in [0.05, 0.1) is 11.9 Å². The topological polar surface area (TPSA) is 82.8 Å². The van der Waals surface area contributed by atoms with Crippen LogP contribution in [-0.2, 0) is 13.1 Å². The minimum atomic E-state index is 0.380. The summed E-state index contributed by atoms with van der Waals surface area (Å²) in [5.74, 6) is 0.731. The summed E-state index contributed by atoms with van der Waals surface area (Å²) in [6.07, 6.45) is 1.80. The molecule has 3 rings (SSSR count). The summed E-state index contributed by atoms with van der Waals surface area (Å²) in [6, 6.07) is 10.1. The van der Waals surface area contributed by atoms with Gasteiger partial charge >= 0.3 is 0 Å². The minimum Gasteiger partial charge on any atom is -0.359 e. The Bertz CT molecular complexity index is 698. The van der Waals surface area contributed by atoms with Crippen molar-refractivity contribution in [3.8, 4) is 11.3 Å². The lowest BCUT2D eigenvalue weighted by Crippen LogP contribution is -1.99. The van der Waals surface area contributed by atoms with Gasteiger partial charge in [-0.05, 0) is 6.92 Å². The molecule has 102 valence electrons. The summed E-state index contributed by atoms with van der Waals surface area (Å²) in [5.41, 5.74) is 9.32.